The Labute approximate surface area is 80.4 Å². The van der Waals surface area contributed by atoms with Crippen LogP contribution in [0.25, 0.3) is 0 Å². The lowest BCUT2D eigenvalue weighted by Gasteiger charge is -2.18. The third kappa shape index (κ3) is 5.36. The van der Waals surface area contributed by atoms with Crippen molar-refractivity contribution in [1.82, 2.24) is 10.3 Å². The van der Waals surface area contributed by atoms with Gasteiger partial charge < -0.3 is 5.32 Å². The molecule has 1 atom stereocenters. The minimum atomic E-state index is 0.786. The van der Waals surface area contributed by atoms with Crippen molar-refractivity contribution in [2.45, 2.75) is 32.2 Å². The number of piperidine rings is 1. The number of pyridine rings is 1. The Bertz CT molecular complexity index is 166. The van der Waals surface area contributed by atoms with Crippen LogP contribution in [-0.4, -0.2) is 17.6 Å². The monoisotopic (exact) mass is 178 g/mol. The summed E-state index contributed by atoms with van der Waals surface area (Å²) in [7, 11) is 0. The van der Waals surface area contributed by atoms with Crippen molar-refractivity contribution in [2.24, 2.45) is 0 Å². The fourth-order valence-electron chi connectivity index (χ4n) is 1.34. The highest BCUT2D eigenvalue weighted by Gasteiger charge is 2.04. The van der Waals surface area contributed by atoms with Gasteiger partial charge in [-0.25, -0.2) is 0 Å². The van der Waals surface area contributed by atoms with Gasteiger partial charge >= 0.3 is 0 Å². The quantitative estimate of drug-likeness (QED) is 0.659. The molecule has 0 aromatic carbocycles. The summed E-state index contributed by atoms with van der Waals surface area (Å²) in [5.41, 5.74) is 0. The zero-order valence-corrected chi connectivity index (χ0v) is 8.24. The molecule has 72 valence electrons. The first kappa shape index (κ1) is 10.2. The summed E-state index contributed by atoms with van der Waals surface area (Å²) in [6.07, 6.45) is 7.68. The number of nitrogens with one attached hydrogen (secondary N) is 1. The van der Waals surface area contributed by atoms with Crippen molar-refractivity contribution in [2.75, 3.05) is 6.54 Å². The Kier molecular flexibility index (Phi) is 5.18. The van der Waals surface area contributed by atoms with Crippen molar-refractivity contribution >= 4 is 0 Å². The first-order valence-corrected chi connectivity index (χ1v) is 4.98. The number of hydrogen-bond donors (Lipinski definition) is 1. The molecule has 0 amide bonds. The molecule has 1 N–H and O–H groups in total. The van der Waals surface area contributed by atoms with Gasteiger partial charge in [0, 0.05) is 18.4 Å². The molecule has 1 aliphatic heterocycles. The maximum Gasteiger partial charge on any atom is 0.0267 e. The van der Waals surface area contributed by atoms with Gasteiger partial charge in [-0.3, -0.25) is 4.98 Å². The van der Waals surface area contributed by atoms with E-state index in [1.165, 1.54) is 25.8 Å². The molecule has 0 bridgehead atoms. The summed E-state index contributed by atoms with van der Waals surface area (Å²) in [5, 5.41) is 3.38. The van der Waals surface area contributed by atoms with E-state index in [2.05, 4.69) is 17.2 Å². The molecule has 2 rings (SSSR count). The molecular formula is C11H18N2. The molecule has 2 heterocycles. The normalized spacial score (nSPS) is 21.5. The molecule has 0 spiro atoms. The van der Waals surface area contributed by atoms with Gasteiger partial charge in [-0.15, -0.1) is 0 Å². The number of hydrogen-bond acceptors (Lipinski definition) is 2. The lowest BCUT2D eigenvalue weighted by molar-refractivity contribution is 0.425. The van der Waals surface area contributed by atoms with Crippen molar-refractivity contribution in [3.05, 3.63) is 30.6 Å². The third-order valence-corrected chi connectivity index (χ3v) is 2.12. The average molecular weight is 178 g/mol. The predicted molar refractivity (Wildman–Crippen MR) is 55.6 cm³/mol. The molecule has 1 aliphatic rings. The maximum absolute atomic E-state index is 3.78. The van der Waals surface area contributed by atoms with E-state index in [-0.39, 0.29) is 0 Å². The van der Waals surface area contributed by atoms with E-state index in [0.717, 1.165) is 6.04 Å². The fourth-order valence-corrected chi connectivity index (χ4v) is 1.34. The van der Waals surface area contributed by atoms with E-state index < -0.39 is 0 Å². The smallest absolute Gasteiger partial charge is 0.0267 e. The van der Waals surface area contributed by atoms with Gasteiger partial charge in [0.05, 0.1) is 0 Å². The van der Waals surface area contributed by atoms with Crippen molar-refractivity contribution in [3.8, 4) is 0 Å². The summed E-state index contributed by atoms with van der Waals surface area (Å²) < 4.78 is 0. The molecule has 2 nitrogen and oxygen atoms in total. The molecule has 1 aromatic heterocycles. The summed E-state index contributed by atoms with van der Waals surface area (Å²) in [4.78, 5) is 3.78. The van der Waals surface area contributed by atoms with Gasteiger partial charge in [0.15, 0.2) is 0 Å². The van der Waals surface area contributed by atoms with Crippen LogP contribution in [0.3, 0.4) is 0 Å². The first-order chi connectivity index (χ1) is 6.39. The molecule has 2 heteroatoms. The van der Waals surface area contributed by atoms with Crippen LogP contribution in [0, 0.1) is 0 Å². The third-order valence-electron chi connectivity index (χ3n) is 2.12. The van der Waals surface area contributed by atoms with E-state index >= 15 is 0 Å². The van der Waals surface area contributed by atoms with Gasteiger partial charge in [0.25, 0.3) is 0 Å². The number of nitrogens with zero attached hydrogens (tertiary/aromatic N) is 1. The largest absolute Gasteiger partial charge is 0.314 e. The van der Waals surface area contributed by atoms with Crippen LogP contribution in [-0.2, 0) is 0 Å². The maximum atomic E-state index is 3.78. The highest BCUT2D eigenvalue weighted by molar-refractivity contribution is 4.88. The lowest BCUT2D eigenvalue weighted by Crippen LogP contribution is -2.30. The van der Waals surface area contributed by atoms with Crippen LogP contribution in [0.5, 0.6) is 0 Å². The Balaban J connectivity index is 0.000000132. The van der Waals surface area contributed by atoms with E-state index in [4.69, 9.17) is 0 Å². The van der Waals surface area contributed by atoms with E-state index in [1.54, 1.807) is 12.4 Å². The van der Waals surface area contributed by atoms with Crippen molar-refractivity contribution in [3.63, 3.8) is 0 Å². The van der Waals surface area contributed by atoms with Gasteiger partial charge in [-0.2, -0.15) is 0 Å². The standard InChI is InChI=1S/C6H13N.C5H5N/c1-6-4-2-3-5-7-6;1-2-4-6-5-3-1/h6-7H,2-5H2,1H3;1-5H. The predicted octanol–water partition coefficient (Wildman–Crippen LogP) is 2.23. The second-order valence-electron chi connectivity index (χ2n) is 3.38. The molecular weight excluding hydrogens is 160 g/mol. The minimum Gasteiger partial charge on any atom is -0.314 e. The lowest BCUT2D eigenvalue weighted by atomic mass is 10.1. The molecule has 0 radical (unpaired) electrons. The zero-order valence-electron chi connectivity index (χ0n) is 8.24. The van der Waals surface area contributed by atoms with Crippen molar-refractivity contribution < 1.29 is 0 Å². The minimum absolute atomic E-state index is 0.786. The highest BCUT2D eigenvalue weighted by Crippen LogP contribution is 2.04. The van der Waals surface area contributed by atoms with Crippen LogP contribution in [0.2, 0.25) is 0 Å². The fraction of sp³-hybridized carbons (Fsp3) is 0.545. The molecule has 1 saturated heterocycles. The molecule has 1 aromatic rings. The van der Waals surface area contributed by atoms with Gasteiger partial charge in [0.2, 0.25) is 0 Å². The Morgan fingerprint density at radius 3 is 2.15 bits per heavy atom. The summed E-state index contributed by atoms with van der Waals surface area (Å²) >= 11 is 0. The Hall–Kier alpha value is -0.890. The van der Waals surface area contributed by atoms with E-state index in [0.29, 0.717) is 0 Å². The summed E-state index contributed by atoms with van der Waals surface area (Å²) in [6, 6.07) is 6.50. The Morgan fingerprint density at radius 2 is 1.92 bits per heavy atom. The first-order valence-electron chi connectivity index (χ1n) is 4.98. The second-order valence-corrected chi connectivity index (χ2v) is 3.38. The Morgan fingerprint density at radius 1 is 1.15 bits per heavy atom. The van der Waals surface area contributed by atoms with Crippen LogP contribution >= 0.6 is 0 Å². The zero-order chi connectivity index (χ0) is 9.36. The van der Waals surface area contributed by atoms with E-state index in [1.807, 2.05) is 18.2 Å². The number of aromatic nitrogens is 1. The summed E-state index contributed by atoms with van der Waals surface area (Å²) in [5.74, 6) is 0. The molecule has 0 aliphatic carbocycles. The molecule has 1 fully saturated rings. The molecule has 13 heavy (non-hydrogen) atoms. The van der Waals surface area contributed by atoms with Gasteiger partial charge in [0.1, 0.15) is 0 Å². The van der Waals surface area contributed by atoms with E-state index in [9.17, 15) is 0 Å². The number of rotatable bonds is 0. The second kappa shape index (κ2) is 6.61. The van der Waals surface area contributed by atoms with Crippen LogP contribution in [0.1, 0.15) is 26.2 Å². The van der Waals surface area contributed by atoms with Crippen LogP contribution < -0.4 is 5.32 Å². The van der Waals surface area contributed by atoms with Gasteiger partial charge in [-0.05, 0) is 38.4 Å². The topological polar surface area (TPSA) is 24.9 Å². The highest BCUT2D eigenvalue weighted by atomic mass is 14.9. The average Bonchev–Trinajstić information content (AvgIpc) is 2.22. The van der Waals surface area contributed by atoms with Gasteiger partial charge in [-0.1, -0.05) is 12.5 Å². The SMILES string of the molecule is CC1CCCCN1.c1ccncc1. The van der Waals surface area contributed by atoms with Crippen LogP contribution in [0.4, 0.5) is 0 Å². The molecule has 1 unspecified atom stereocenters. The van der Waals surface area contributed by atoms with Crippen LogP contribution in [0.15, 0.2) is 30.6 Å². The molecule has 0 saturated carbocycles. The summed E-state index contributed by atoms with van der Waals surface area (Å²) in [6.45, 7) is 3.49. The van der Waals surface area contributed by atoms with Crippen molar-refractivity contribution in [1.29, 1.82) is 0 Å².